The summed E-state index contributed by atoms with van der Waals surface area (Å²) < 4.78 is 5.18. The number of carbonyl (C=O) groups is 1. The first-order valence-corrected chi connectivity index (χ1v) is 5.73. The van der Waals surface area contributed by atoms with Gasteiger partial charge >= 0.3 is 6.03 Å². The molecule has 1 aromatic rings. The summed E-state index contributed by atoms with van der Waals surface area (Å²) in [5.41, 5.74) is 6.73. The molecule has 1 aliphatic heterocycles. The third-order valence-corrected chi connectivity index (χ3v) is 2.86. The van der Waals surface area contributed by atoms with Crippen molar-refractivity contribution in [3.05, 3.63) is 23.2 Å². The number of morpholine rings is 1. The summed E-state index contributed by atoms with van der Waals surface area (Å²) in [5.74, 6) is 0. The summed E-state index contributed by atoms with van der Waals surface area (Å²) in [6.45, 7) is 2.31. The van der Waals surface area contributed by atoms with E-state index in [1.807, 2.05) is 0 Å². The predicted octanol–water partition coefficient (Wildman–Crippen LogP) is 1.79. The number of hydrogen-bond acceptors (Lipinski definition) is 3. The first-order chi connectivity index (χ1) is 8.16. The van der Waals surface area contributed by atoms with Gasteiger partial charge in [-0.25, -0.2) is 4.79 Å². The van der Waals surface area contributed by atoms with Crippen LogP contribution in [0, 0.1) is 0 Å². The summed E-state index contributed by atoms with van der Waals surface area (Å²) in [5, 5.41) is 3.21. The van der Waals surface area contributed by atoms with Gasteiger partial charge in [-0.2, -0.15) is 0 Å². The van der Waals surface area contributed by atoms with E-state index < -0.39 is 0 Å². The molecule has 1 aromatic carbocycles. The lowest BCUT2D eigenvalue weighted by molar-refractivity contribution is 0.0564. The molecule has 0 atom stereocenters. The number of benzene rings is 1. The van der Waals surface area contributed by atoms with Gasteiger partial charge in [-0.3, -0.25) is 0 Å². The molecule has 0 saturated carbocycles. The highest BCUT2D eigenvalue weighted by Gasteiger charge is 2.17. The highest BCUT2D eigenvalue weighted by atomic mass is 35.5. The van der Waals surface area contributed by atoms with Gasteiger partial charge in [0.2, 0.25) is 0 Å². The molecule has 6 heteroatoms. The number of hydrogen-bond donors (Lipinski definition) is 2. The Kier molecular flexibility index (Phi) is 3.71. The number of urea groups is 1. The lowest BCUT2D eigenvalue weighted by Crippen LogP contribution is -2.43. The van der Waals surface area contributed by atoms with Crippen LogP contribution in [0.15, 0.2) is 18.2 Å². The van der Waals surface area contributed by atoms with Crippen LogP contribution < -0.4 is 11.1 Å². The summed E-state index contributed by atoms with van der Waals surface area (Å²) in [4.78, 5) is 13.6. The molecule has 1 aliphatic rings. The molecule has 3 N–H and O–H groups in total. The van der Waals surface area contributed by atoms with Crippen LogP contribution in [0.3, 0.4) is 0 Å². The van der Waals surface area contributed by atoms with Crippen molar-refractivity contribution in [2.75, 3.05) is 37.4 Å². The minimum atomic E-state index is -0.180. The Morgan fingerprint density at radius 1 is 1.41 bits per heavy atom. The van der Waals surface area contributed by atoms with E-state index in [1.165, 1.54) is 0 Å². The van der Waals surface area contributed by atoms with E-state index in [0.717, 1.165) is 0 Å². The lowest BCUT2D eigenvalue weighted by Gasteiger charge is -2.27. The summed E-state index contributed by atoms with van der Waals surface area (Å²) in [6, 6.07) is 4.81. The zero-order valence-electron chi connectivity index (χ0n) is 9.28. The van der Waals surface area contributed by atoms with Crippen molar-refractivity contribution in [2.24, 2.45) is 0 Å². The topological polar surface area (TPSA) is 67.6 Å². The summed E-state index contributed by atoms with van der Waals surface area (Å²) in [6.07, 6.45) is 0. The zero-order valence-corrected chi connectivity index (χ0v) is 10.0. The second-order valence-corrected chi connectivity index (χ2v) is 4.18. The molecule has 92 valence electrons. The summed E-state index contributed by atoms with van der Waals surface area (Å²) in [7, 11) is 0. The Bertz CT molecular complexity index is 419. The number of ether oxygens (including phenoxy) is 1. The highest BCUT2D eigenvalue weighted by Crippen LogP contribution is 2.24. The molecule has 1 heterocycles. The molecule has 0 aliphatic carbocycles. The minimum absolute atomic E-state index is 0.180. The molecular weight excluding hydrogens is 242 g/mol. The van der Waals surface area contributed by atoms with E-state index in [1.54, 1.807) is 23.1 Å². The van der Waals surface area contributed by atoms with Crippen LogP contribution in [0.1, 0.15) is 0 Å². The number of nitrogens with zero attached hydrogens (tertiary/aromatic N) is 1. The molecule has 17 heavy (non-hydrogen) atoms. The van der Waals surface area contributed by atoms with E-state index >= 15 is 0 Å². The minimum Gasteiger partial charge on any atom is -0.399 e. The average molecular weight is 256 g/mol. The maximum Gasteiger partial charge on any atom is 0.322 e. The lowest BCUT2D eigenvalue weighted by atomic mass is 10.3. The number of nitrogen functional groups attached to an aromatic ring is 1. The Morgan fingerprint density at radius 2 is 2.12 bits per heavy atom. The maximum atomic E-state index is 11.9. The van der Waals surface area contributed by atoms with Gasteiger partial charge in [-0.15, -0.1) is 0 Å². The molecular formula is C11H14ClN3O2. The van der Waals surface area contributed by atoms with Crippen molar-refractivity contribution in [1.82, 2.24) is 4.90 Å². The monoisotopic (exact) mass is 255 g/mol. The molecule has 0 bridgehead atoms. The first kappa shape index (κ1) is 12.0. The fourth-order valence-corrected chi connectivity index (χ4v) is 1.76. The van der Waals surface area contributed by atoms with Gasteiger partial charge in [0.25, 0.3) is 0 Å². The van der Waals surface area contributed by atoms with Crippen molar-refractivity contribution in [3.63, 3.8) is 0 Å². The fourth-order valence-electron chi connectivity index (χ4n) is 1.60. The SMILES string of the molecule is Nc1ccc(Cl)c(NC(=O)N2CCOCC2)c1. The Morgan fingerprint density at radius 3 is 2.82 bits per heavy atom. The molecule has 1 saturated heterocycles. The van der Waals surface area contributed by atoms with Crippen LogP contribution in [0.5, 0.6) is 0 Å². The van der Waals surface area contributed by atoms with Gasteiger partial charge < -0.3 is 20.7 Å². The van der Waals surface area contributed by atoms with Crippen LogP contribution in [-0.4, -0.2) is 37.2 Å². The van der Waals surface area contributed by atoms with E-state index in [4.69, 9.17) is 22.1 Å². The van der Waals surface area contributed by atoms with Crippen molar-refractivity contribution < 1.29 is 9.53 Å². The molecule has 1 fully saturated rings. The van der Waals surface area contributed by atoms with Crippen LogP contribution in [0.4, 0.5) is 16.2 Å². The zero-order chi connectivity index (χ0) is 12.3. The highest BCUT2D eigenvalue weighted by molar-refractivity contribution is 6.33. The maximum absolute atomic E-state index is 11.9. The molecule has 0 radical (unpaired) electrons. The number of halogens is 1. The van der Waals surface area contributed by atoms with Crippen LogP contribution in [0.25, 0.3) is 0 Å². The van der Waals surface area contributed by atoms with E-state index in [9.17, 15) is 4.79 Å². The Balaban J connectivity index is 2.04. The average Bonchev–Trinajstić information content (AvgIpc) is 2.35. The number of nitrogens with one attached hydrogen (secondary N) is 1. The van der Waals surface area contributed by atoms with Gasteiger partial charge in [0, 0.05) is 18.8 Å². The third kappa shape index (κ3) is 3.01. The fraction of sp³-hybridized carbons (Fsp3) is 0.364. The molecule has 0 aromatic heterocycles. The van der Waals surface area contributed by atoms with Gasteiger partial charge in [0.1, 0.15) is 0 Å². The van der Waals surface area contributed by atoms with Crippen molar-refractivity contribution in [3.8, 4) is 0 Å². The van der Waals surface area contributed by atoms with Gasteiger partial charge in [-0.1, -0.05) is 11.6 Å². The quantitative estimate of drug-likeness (QED) is 0.752. The van der Waals surface area contributed by atoms with E-state index in [-0.39, 0.29) is 6.03 Å². The van der Waals surface area contributed by atoms with Crippen LogP contribution in [-0.2, 0) is 4.74 Å². The molecule has 0 unspecified atom stereocenters. The molecule has 2 rings (SSSR count). The predicted molar refractivity (Wildman–Crippen MR) is 67.3 cm³/mol. The van der Waals surface area contributed by atoms with Crippen LogP contribution in [0.2, 0.25) is 5.02 Å². The van der Waals surface area contributed by atoms with E-state index in [0.29, 0.717) is 42.7 Å². The number of anilines is 2. The molecule has 5 nitrogen and oxygen atoms in total. The van der Waals surface area contributed by atoms with Gasteiger partial charge in [-0.05, 0) is 18.2 Å². The normalized spacial score (nSPS) is 15.7. The smallest absolute Gasteiger partial charge is 0.322 e. The number of carbonyl (C=O) groups excluding carboxylic acids is 1. The van der Waals surface area contributed by atoms with Crippen molar-refractivity contribution in [1.29, 1.82) is 0 Å². The van der Waals surface area contributed by atoms with Crippen molar-refractivity contribution >= 4 is 29.0 Å². The standard InChI is InChI=1S/C11H14ClN3O2/c12-9-2-1-8(13)7-10(9)14-11(16)15-3-5-17-6-4-15/h1-2,7H,3-6,13H2,(H,14,16). The van der Waals surface area contributed by atoms with Gasteiger partial charge in [0.05, 0.1) is 23.9 Å². The van der Waals surface area contributed by atoms with E-state index in [2.05, 4.69) is 5.32 Å². The molecule has 0 spiro atoms. The Labute approximate surface area is 104 Å². The second-order valence-electron chi connectivity index (χ2n) is 3.77. The van der Waals surface area contributed by atoms with Crippen molar-refractivity contribution in [2.45, 2.75) is 0 Å². The number of nitrogens with two attached hydrogens (primary N) is 1. The van der Waals surface area contributed by atoms with Crippen LogP contribution >= 0.6 is 11.6 Å². The first-order valence-electron chi connectivity index (χ1n) is 5.35. The molecule has 2 amide bonds. The summed E-state index contributed by atoms with van der Waals surface area (Å²) >= 11 is 5.97. The number of amides is 2. The van der Waals surface area contributed by atoms with Gasteiger partial charge in [0.15, 0.2) is 0 Å². The Hall–Kier alpha value is -1.46. The largest absolute Gasteiger partial charge is 0.399 e. The third-order valence-electron chi connectivity index (χ3n) is 2.53. The second kappa shape index (κ2) is 5.25. The number of rotatable bonds is 1.